The van der Waals surface area contributed by atoms with Gasteiger partial charge in [0.1, 0.15) is 5.82 Å². The summed E-state index contributed by atoms with van der Waals surface area (Å²) < 4.78 is 1.76. The quantitative estimate of drug-likeness (QED) is 0.728. The molecule has 2 rings (SSSR count). The van der Waals surface area contributed by atoms with Gasteiger partial charge in [-0.05, 0) is 31.2 Å². The molecule has 0 bridgehead atoms. The SMILES string of the molecule is C[C@@H](Sc1nnc(CCC(N)=O)n1C)C(=O)Nc1ccc(Cl)cc1. The number of hydrogen-bond acceptors (Lipinski definition) is 5. The molecule has 0 saturated carbocycles. The van der Waals surface area contributed by atoms with Gasteiger partial charge in [-0.25, -0.2) is 0 Å². The molecule has 9 heteroatoms. The van der Waals surface area contributed by atoms with Gasteiger partial charge in [-0.15, -0.1) is 10.2 Å². The van der Waals surface area contributed by atoms with E-state index in [4.69, 9.17) is 17.3 Å². The van der Waals surface area contributed by atoms with Crippen LogP contribution >= 0.6 is 23.4 Å². The lowest BCUT2D eigenvalue weighted by Crippen LogP contribution is -2.22. The van der Waals surface area contributed by atoms with E-state index >= 15 is 0 Å². The molecule has 0 spiro atoms. The smallest absolute Gasteiger partial charge is 0.237 e. The Bertz CT molecular complexity index is 732. The molecule has 0 saturated heterocycles. The molecule has 24 heavy (non-hydrogen) atoms. The molecule has 0 aliphatic heterocycles. The van der Waals surface area contributed by atoms with E-state index < -0.39 is 0 Å². The van der Waals surface area contributed by atoms with Crippen LogP contribution in [-0.4, -0.2) is 31.8 Å². The molecule has 0 radical (unpaired) electrons. The summed E-state index contributed by atoms with van der Waals surface area (Å²) in [5.41, 5.74) is 5.82. The number of aromatic nitrogens is 3. The Morgan fingerprint density at radius 1 is 1.33 bits per heavy atom. The fourth-order valence-electron chi connectivity index (χ4n) is 1.89. The van der Waals surface area contributed by atoms with Crippen LogP contribution in [0.2, 0.25) is 5.02 Å². The van der Waals surface area contributed by atoms with Crippen molar-refractivity contribution in [3.8, 4) is 0 Å². The van der Waals surface area contributed by atoms with Gasteiger partial charge in [0.05, 0.1) is 5.25 Å². The molecule has 7 nitrogen and oxygen atoms in total. The second-order valence-electron chi connectivity index (χ2n) is 5.18. The lowest BCUT2D eigenvalue weighted by atomic mass is 10.3. The second-order valence-corrected chi connectivity index (χ2v) is 6.92. The molecular weight excluding hydrogens is 350 g/mol. The topological polar surface area (TPSA) is 103 Å². The Morgan fingerprint density at radius 2 is 2.00 bits per heavy atom. The molecule has 2 aromatic rings. The van der Waals surface area contributed by atoms with Crippen LogP contribution in [0.25, 0.3) is 0 Å². The third kappa shape index (κ3) is 4.97. The van der Waals surface area contributed by atoms with E-state index in [0.29, 0.717) is 28.1 Å². The predicted octanol–water partition coefficient (Wildman–Crippen LogP) is 2.01. The highest BCUT2D eigenvalue weighted by atomic mass is 35.5. The summed E-state index contributed by atoms with van der Waals surface area (Å²) in [6.45, 7) is 1.79. The maximum absolute atomic E-state index is 12.3. The number of hydrogen-bond donors (Lipinski definition) is 2. The first-order chi connectivity index (χ1) is 11.4. The highest BCUT2D eigenvalue weighted by Gasteiger charge is 2.19. The number of primary amides is 1. The maximum Gasteiger partial charge on any atom is 0.237 e. The summed E-state index contributed by atoms with van der Waals surface area (Å²) in [4.78, 5) is 23.1. The highest BCUT2D eigenvalue weighted by Crippen LogP contribution is 2.23. The van der Waals surface area contributed by atoms with Crippen LogP contribution in [0, 0.1) is 0 Å². The van der Waals surface area contributed by atoms with Crippen LogP contribution in [0.4, 0.5) is 5.69 Å². The van der Waals surface area contributed by atoms with Crippen LogP contribution in [0.3, 0.4) is 0 Å². The van der Waals surface area contributed by atoms with Gasteiger partial charge >= 0.3 is 0 Å². The van der Waals surface area contributed by atoms with Crippen molar-refractivity contribution in [2.45, 2.75) is 30.2 Å². The highest BCUT2D eigenvalue weighted by molar-refractivity contribution is 8.00. The van der Waals surface area contributed by atoms with E-state index in [9.17, 15) is 9.59 Å². The van der Waals surface area contributed by atoms with Gasteiger partial charge in [0.2, 0.25) is 11.8 Å². The first-order valence-electron chi connectivity index (χ1n) is 7.26. The van der Waals surface area contributed by atoms with Gasteiger partial charge in [0.25, 0.3) is 0 Å². The number of nitrogens with two attached hydrogens (primary N) is 1. The molecule has 128 valence electrons. The Balaban J connectivity index is 1.96. The number of carbonyl (C=O) groups excluding carboxylic acids is 2. The minimum Gasteiger partial charge on any atom is -0.370 e. The van der Waals surface area contributed by atoms with Gasteiger partial charge in [-0.1, -0.05) is 23.4 Å². The molecule has 3 N–H and O–H groups in total. The molecule has 0 unspecified atom stereocenters. The lowest BCUT2D eigenvalue weighted by Gasteiger charge is -2.11. The maximum atomic E-state index is 12.3. The van der Waals surface area contributed by atoms with Crippen LogP contribution in [-0.2, 0) is 23.1 Å². The lowest BCUT2D eigenvalue weighted by molar-refractivity contribution is -0.118. The van der Waals surface area contributed by atoms with Crippen LogP contribution in [0.5, 0.6) is 0 Å². The molecule has 1 heterocycles. The van der Waals surface area contributed by atoms with Crippen molar-refractivity contribution in [3.05, 3.63) is 35.1 Å². The average Bonchev–Trinajstić information content (AvgIpc) is 2.88. The summed E-state index contributed by atoms with van der Waals surface area (Å²) in [5.74, 6) is 0.119. The number of nitrogens with one attached hydrogen (secondary N) is 1. The zero-order valence-corrected chi connectivity index (χ0v) is 14.9. The number of aryl methyl sites for hydroxylation is 1. The fraction of sp³-hybridized carbons (Fsp3) is 0.333. The molecule has 0 aliphatic carbocycles. The molecule has 0 fully saturated rings. The number of rotatable bonds is 7. The normalized spacial score (nSPS) is 12.0. The monoisotopic (exact) mass is 367 g/mol. The van der Waals surface area contributed by atoms with E-state index in [0.717, 1.165) is 0 Å². The average molecular weight is 368 g/mol. The zero-order valence-electron chi connectivity index (χ0n) is 13.3. The number of halogens is 1. The Morgan fingerprint density at radius 3 is 2.62 bits per heavy atom. The number of thioether (sulfide) groups is 1. The second kappa shape index (κ2) is 8.16. The number of benzene rings is 1. The van der Waals surface area contributed by atoms with Crippen molar-refractivity contribution in [2.24, 2.45) is 12.8 Å². The van der Waals surface area contributed by atoms with E-state index in [2.05, 4.69) is 15.5 Å². The first kappa shape index (κ1) is 18.3. The Labute approximate surface area is 149 Å². The van der Waals surface area contributed by atoms with Crippen molar-refractivity contribution in [2.75, 3.05) is 5.32 Å². The molecule has 0 aliphatic rings. The summed E-state index contributed by atoms with van der Waals surface area (Å²) in [6, 6.07) is 6.90. The molecule has 2 amide bonds. The van der Waals surface area contributed by atoms with Gasteiger partial charge in [0, 0.05) is 30.6 Å². The van der Waals surface area contributed by atoms with E-state index in [1.807, 2.05) is 0 Å². The van der Waals surface area contributed by atoms with Crippen molar-refractivity contribution >= 4 is 40.9 Å². The number of carbonyl (C=O) groups is 2. The van der Waals surface area contributed by atoms with Gasteiger partial charge in [0.15, 0.2) is 5.16 Å². The summed E-state index contributed by atoms with van der Waals surface area (Å²) in [7, 11) is 1.79. The molecule has 1 aromatic carbocycles. The Kier molecular flexibility index (Phi) is 6.22. The van der Waals surface area contributed by atoms with Crippen molar-refractivity contribution in [1.82, 2.24) is 14.8 Å². The minimum atomic E-state index is -0.386. The van der Waals surface area contributed by atoms with Crippen molar-refractivity contribution in [3.63, 3.8) is 0 Å². The third-order valence-corrected chi connectivity index (χ3v) is 4.67. The first-order valence-corrected chi connectivity index (χ1v) is 8.52. The summed E-state index contributed by atoms with van der Waals surface area (Å²) >= 11 is 7.11. The zero-order chi connectivity index (χ0) is 17.7. The van der Waals surface area contributed by atoms with E-state index in [1.54, 1.807) is 42.8 Å². The van der Waals surface area contributed by atoms with E-state index in [1.165, 1.54) is 11.8 Å². The van der Waals surface area contributed by atoms with Crippen LogP contribution < -0.4 is 11.1 Å². The summed E-state index contributed by atoms with van der Waals surface area (Å²) in [5, 5.41) is 11.8. The molecule has 1 aromatic heterocycles. The van der Waals surface area contributed by atoms with Crippen LogP contribution in [0.1, 0.15) is 19.2 Å². The van der Waals surface area contributed by atoms with Gasteiger partial charge in [-0.2, -0.15) is 0 Å². The summed E-state index contributed by atoms with van der Waals surface area (Å²) in [6.07, 6.45) is 0.633. The fourth-order valence-corrected chi connectivity index (χ4v) is 2.85. The number of anilines is 1. The predicted molar refractivity (Wildman–Crippen MR) is 93.9 cm³/mol. The Hall–Kier alpha value is -2.06. The largest absolute Gasteiger partial charge is 0.370 e. The van der Waals surface area contributed by atoms with Gasteiger partial charge < -0.3 is 15.6 Å². The standard InChI is InChI=1S/C15H18ClN5O2S/c1-9(14(23)18-11-5-3-10(16)4-6-11)24-15-20-19-13(21(15)2)8-7-12(17)22/h3-6,9H,7-8H2,1-2H3,(H2,17,22)(H,18,23)/t9-/m1/s1. The van der Waals surface area contributed by atoms with Crippen molar-refractivity contribution < 1.29 is 9.59 Å². The minimum absolute atomic E-state index is 0.149. The van der Waals surface area contributed by atoms with E-state index in [-0.39, 0.29) is 23.5 Å². The molecular formula is C15H18ClN5O2S. The van der Waals surface area contributed by atoms with Crippen LogP contribution in [0.15, 0.2) is 29.4 Å². The number of nitrogens with zero attached hydrogens (tertiary/aromatic N) is 3. The molecule has 1 atom stereocenters. The third-order valence-electron chi connectivity index (χ3n) is 3.28. The van der Waals surface area contributed by atoms with Crippen molar-refractivity contribution in [1.29, 1.82) is 0 Å². The number of amides is 2. The van der Waals surface area contributed by atoms with Gasteiger partial charge in [-0.3, -0.25) is 9.59 Å².